The lowest BCUT2D eigenvalue weighted by molar-refractivity contribution is -0.130. The number of rotatable bonds is 3. The van der Waals surface area contributed by atoms with Crippen molar-refractivity contribution in [2.24, 2.45) is 11.0 Å². The molecule has 1 aliphatic carbocycles. The number of hydrogen-bond donors (Lipinski definition) is 0. The second-order valence-corrected chi connectivity index (χ2v) is 7.34. The van der Waals surface area contributed by atoms with Crippen LogP contribution >= 0.6 is 11.6 Å². The summed E-state index contributed by atoms with van der Waals surface area (Å²) in [6.07, 6.45) is 4.68. The second-order valence-electron chi connectivity index (χ2n) is 7.07. The first-order chi connectivity index (χ1) is 13.6. The number of hydrazone groups is 1. The van der Waals surface area contributed by atoms with Crippen LogP contribution in [-0.2, 0) is 4.79 Å². The van der Waals surface area contributed by atoms with E-state index in [1.54, 1.807) is 24.3 Å². The van der Waals surface area contributed by atoms with Crippen molar-refractivity contribution >= 4 is 29.3 Å². The van der Waals surface area contributed by atoms with Crippen LogP contribution in [-0.4, -0.2) is 22.5 Å². The number of fused-ring (bicyclic) bond motifs is 1. The zero-order valence-electron chi connectivity index (χ0n) is 15.1. The van der Waals surface area contributed by atoms with Gasteiger partial charge in [-0.3, -0.25) is 4.79 Å². The highest BCUT2D eigenvalue weighted by Gasteiger charge is 2.43. The third kappa shape index (κ3) is 3.59. The molecule has 28 heavy (non-hydrogen) atoms. The van der Waals surface area contributed by atoms with Gasteiger partial charge in [-0.1, -0.05) is 24.3 Å². The van der Waals surface area contributed by atoms with Gasteiger partial charge in [0.25, 0.3) is 5.91 Å². The molecule has 6 heteroatoms. The Bertz CT molecular complexity index is 938. The van der Waals surface area contributed by atoms with Crippen molar-refractivity contribution in [3.8, 4) is 0 Å². The molecule has 144 valence electrons. The highest BCUT2D eigenvalue weighted by Crippen LogP contribution is 2.44. The lowest BCUT2D eigenvalue weighted by Crippen LogP contribution is -2.32. The molecule has 1 saturated carbocycles. The van der Waals surface area contributed by atoms with Gasteiger partial charge in [0.15, 0.2) is 0 Å². The minimum atomic E-state index is -0.321. The van der Waals surface area contributed by atoms with E-state index in [4.69, 9.17) is 11.6 Å². The molecule has 1 heterocycles. The maximum atomic E-state index is 13.4. The number of alkyl halides is 1. The SMILES string of the molecule is O=C(CCl)N1N=C2C(=Cc3ccc(F)cc3)CCCC2C1c1ccc(F)cc1. The first-order valence-electron chi connectivity index (χ1n) is 9.25. The molecule has 2 aromatic carbocycles. The molecule has 1 fully saturated rings. The standard InChI is InChI=1S/C22H19ClF2N2O/c23-13-20(28)27-22(15-6-10-18(25)11-7-15)19-3-1-2-16(21(19)26-27)12-14-4-8-17(24)9-5-14/h4-12,19,22H,1-3,13H2. The molecular weight excluding hydrogens is 382 g/mol. The summed E-state index contributed by atoms with van der Waals surface area (Å²) in [5.41, 5.74) is 3.63. The van der Waals surface area contributed by atoms with E-state index in [0.29, 0.717) is 0 Å². The summed E-state index contributed by atoms with van der Waals surface area (Å²) in [6, 6.07) is 12.2. The predicted molar refractivity (Wildman–Crippen MR) is 106 cm³/mol. The van der Waals surface area contributed by atoms with E-state index < -0.39 is 0 Å². The third-order valence-electron chi connectivity index (χ3n) is 5.29. The molecule has 0 bridgehead atoms. The fourth-order valence-electron chi connectivity index (χ4n) is 4.02. The average molecular weight is 401 g/mol. The Balaban J connectivity index is 1.73. The van der Waals surface area contributed by atoms with Crippen LogP contribution in [0.3, 0.4) is 0 Å². The van der Waals surface area contributed by atoms with E-state index in [0.717, 1.165) is 41.7 Å². The van der Waals surface area contributed by atoms with Crippen molar-refractivity contribution in [3.05, 3.63) is 76.9 Å². The molecule has 0 N–H and O–H groups in total. The van der Waals surface area contributed by atoms with Crippen molar-refractivity contribution in [2.75, 3.05) is 5.88 Å². The molecule has 1 amide bonds. The quantitative estimate of drug-likeness (QED) is 0.641. The molecule has 2 aliphatic rings. The molecule has 2 aromatic rings. The summed E-state index contributed by atoms with van der Waals surface area (Å²) in [5.74, 6) is -1.02. The van der Waals surface area contributed by atoms with Gasteiger partial charge in [-0.15, -0.1) is 11.6 Å². The van der Waals surface area contributed by atoms with E-state index in [9.17, 15) is 13.6 Å². The highest BCUT2D eigenvalue weighted by molar-refractivity contribution is 6.27. The molecule has 3 nitrogen and oxygen atoms in total. The predicted octanol–water partition coefficient (Wildman–Crippen LogP) is 5.33. The Morgan fingerprint density at radius 3 is 2.39 bits per heavy atom. The maximum absolute atomic E-state index is 13.4. The number of benzene rings is 2. The van der Waals surface area contributed by atoms with Crippen LogP contribution in [0.25, 0.3) is 6.08 Å². The Morgan fingerprint density at radius 2 is 1.75 bits per heavy atom. The highest BCUT2D eigenvalue weighted by atomic mass is 35.5. The number of halogens is 3. The minimum absolute atomic E-state index is 0.0260. The number of allylic oxidation sites excluding steroid dienone is 1. The first-order valence-corrected chi connectivity index (χ1v) is 9.79. The lowest BCUT2D eigenvalue weighted by Gasteiger charge is -2.29. The molecule has 0 saturated heterocycles. The molecule has 4 rings (SSSR count). The summed E-state index contributed by atoms with van der Waals surface area (Å²) in [6.45, 7) is 0. The summed E-state index contributed by atoms with van der Waals surface area (Å²) in [4.78, 5) is 12.5. The van der Waals surface area contributed by atoms with Gasteiger partial charge in [-0.05, 0) is 66.3 Å². The Kier molecular flexibility index (Phi) is 5.27. The van der Waals surface area contributed by atoms with Gasteiger partial charge in [-0.25, -0.2) is 13.8 Å². The maximum Gasteiger partial charge on any atom is 0.258 e. The van der Waals surface area contributed by atoms with Crippen LogP contribution in [0.15, 0.2) is 59.2 Å². The molecule has 2 unspecified atom stereocenters. The summed E-state index contributed by atoms with van der Waals surface area (Å²) < 4.78 is 26.6. The fraction of sp³-hybridized carbons (Fsp3) is 0.273. The summed E-state index contributed by atoms with van der Waals surface area (Å²) in [5, 5.41) is 6.08. The van der Waals surface area contributed by atoms with Crippen molar-refractivity contribution in [1.82, 2.24) is 5.01 Å². The van der Waals surface area contributed by atoms with Crippen molar-refractivity contribution in [2.45, 2.75) is 25.3 Å². The van der Waals surface area contributed by atoms with Gasteiger partial charge >= 0.3 is 0 Å². The van der Waals surface area contributed by atoms with Crippen LogP contribution in [0.5, 0.6) is 0 Å². The average Bonchev–Trinajstić information content (AvgIpc) is 3.10. The zero-order valence-corrected chi connectivity index (χ0v) is 15.9. The lowest BCUT2D eigenvalue weighted by atomic mass is 9.77. The smallest absolute Gasteiger partial charge is 0.258 e. The minimum Gasteiger partial charge on any atom is -0.272 e. The Morgan fingerprint density at radius 1 is 1.11 bits per heavy atom. The Hall–Kier alpha value is -2.53. The molecule has 0 aromatic heterocycles. The molecular formula is C22H19ClF2N2O. The monoisotopic (exact) mass is 400 g/mol. The van der Waals surface area contributed by atoms with Gasteiger partial charge < -0.3 is 0 Å². The largest absolute Gasteiger partial charge is 0.272 e. The van der Waals surface area contributed by atoms with Crippen molar-refractivity contribution in [3.63, 3.8) is 0 Å². The number of carbonyl (C=O) groups excluding carboxylic acids is 1. The van der Waals surface area contributed by atoms with Crippen LogP contribution in [0.2, 0.25) is 0 Å². The van der Waals surface area contributed by atoms with Gasteiger partial charge in [0.1, 0.15) is 17.5 Å². The van der Waals surface area contributed by atoms with Crippen LogP contribution < -0.4 is 0 Å². The van der Waals surface area contributed by atoms with E-state index in [1.807, 2.05) is 6.08 Å². The van der Waals surface area contributed by atoms with Gasteiger partial charge in [0.05, 0.1) is 11.8 Å². The van der Waals surface area contributed by atoms with Crippen LogP contribution in [0.1, 0.15) is 36.4 Å². The summed E-state index contributed by atoms with van der Waals surface area (Å²) >= 11 is 5.82. The van der Waals surface area contributed by atoms with E-state index >= 15 is 0 Å². The van der Waals surface area contributed by atoms with E-state index in [1.165, 1.54) is 29.3 Å². The number of carbonyl (C=O) groups is 1. The van der Waals surface area contributed by atoms with Crippen LogP contribution in [0, 0.1) is 17.6 Å². The first kappa shape index (κ1) is 18.8. The van der Waals surface area contributed by atoms with Crippen molar-refractivity contribution < 1.29 is 13.6 Å². The van der Waals surface area contributed by atoms with Gasteiger partial charge in [0.2, 0.25) is 0 Å². The number of nitrogens with zero attached hydrogens (tertiary/aromatic N) is 2. The van der Waals surface area contributed by atoms with Crippen molar-refractivity contribution in [1.29, 1.82) is 0 Å². The molecule has 2 atom stereocenters. The summed E-state index contributed by atoms with van der Waals surface area (Å²) in [7, 11) is 0. The Labute approximate surface area is 167 Å². The second kappa shape index (κ2) is 7.84. The fourth-order valence-corrected chi connectivity index (χ4v) is 4.14. The number of amides is 1. The number of hydrogen-bond acceptors (Lipinski definition) is 2. The third-order valence-corrected chi connectivity index (χ3v) is 5.52. The van der Waals surface area contributed by atoms with Crippen LogP contribution in [0.4, 0.5) is 8.78 Å². The van der Waals surface area contributed by atoms with E-state index in [2.05, 4.69) is 5.10 Å². The van der Waals surface area contributed by atoms with Gasteiger partial charge in [0, 0.05) is 5.92 Å². The topological polar surface area (TPSA) is 32.7 Å². The van der Waals surface area contributed by atoms with Gasteiger partial charge in [-0.2, -0.15) is 5.10 Å². The molecule has 1 aliphatic heterocycles. The normalized spacial score (nSPS) is 22.9. The molecule has 0 radical (unpaired) electrons. The van der Waals surface area contributed by atoms with E-state index in [-0.39, 0.29) is 35.4 Å². The zero-order chi connectivity index (χ0) is 19.7. The molecule has 0 spiro atoms.